The second kappa shape index (κ2) is 9.80. The standard InChI is InChI=1S/C29H26F4N6O/c1-34-13-16-8-21(29(31,32)33)27(22(30)9-16)19-11-20-24(12-23(19)35-2)36-37-28(20)17-4-5-25-26(10-17)40-15-18-14-38(3)6-7-39(18)25/h4-5,8-12,18,34H,6-7,13-15H2,1,3H3,(H,36,37). The number of aromatic amines is 1. The first-order chi connectivity index (χ1) is 19.2. The zero-order chi connectivity index (χ0) is 28.2. The maximum atomic E-state index is 15.4. The van der Waals surface area contributed by atoms with Gasteiger partial charge in [0.05, 0.1) is 35.1 Å². The quantitative estimate of drug-likeness (QED) is 0.247. The second-order valence-electron chi connectivity index (χ2n) is 10.2. The van der Waals surface area contributed by atoms with Crippen molar-refractivity contribution in [3.63, 3.8) is 0 Å². The molecule has 1 saturated heterocycles. The van der Waals surface area contributed by atoms with E-state index < -0.39 is 23.1 Å². The van der Waals surface area contributed by atoms with Gasteiger partial charge in [0.1, 0.15) is 18.2 Å². The molecule has 3 heterocycles. The Morgan fingerprint density at radius 2 is 2.00 bits per heavy atom. The molecule has 40 heavy (non-hydrogen) atoms. The molecule has 2 aliphatic heterocycles. The number of nitrogens with one attached hydrogen (secondary N) is 2. The van der Waals surface area contributed by atoms with E-state index in [1.54, 1.807) is 7.05 Å². The number of anilines is 1. The number of benzene rings is 3. The molecule has 0 amide bonds. The van der Waals surface area contributed by atoms with Crippen LogP contribution in [-0.4, -0.2) is 61.5 Å². The van der Waals surface area contributed by atoms with Crippen molar-refractivity contribution in [1.29, 1.82) is 0 Å². The largest absolute Gasteiger partial charge is 0.489 e. The zero-order valence-electron chi connectivity index (χ0n) is 21.9. The van der Waals surface area contributed by atoms with Gasteiger partial charge in [-0.2, -0.15) is 18.3 Å². The molecule has 2 aliphatic rings. The van der Waals surface area contributed by atoms with Crippen LogP contribution in [0.25, 0.3) is 38.1 Å². The molecule has 11 heteroatoms. The van der Waals surface area contributed by atoms with Crippen molar-refractivity contribution in [2.75, 3.05) is 45.2 Å². The van der Waals surface area contributed by atoms with Crippen LogP contribution in [0.3, 0.4) is 0 Å². The van der Waals surface area contributed by atoms with Crippen molar-refractivity contribution in [1.82, 2.24) is 20.4 Å². The molecular formula is C29H26F4N6O. The van der Waals surface area contributed by atoms with E-state index in [9.17, 15) is 13.2 Å². The van der Waals surface area contributed by atoms with E-state index in [0.717, 1.165) is 37.5 Å². The molecule has 0 spiro atoms. The third kappa shape index (κ3) is 4.43. The average molecular weight is 551 g/mol. The number of alkyl halides is 3. The molecule has 2 N–H and O–H groups in total. The summed E-state index contributed by atoms with van der Waals surface area (Å²) in [6.45, 7) is 11.0. The number of aromatic nitrogens is 2. The van der Waals surface area contributed by atoms with Gasteiger partial charge in [-0.05, 0) is 55.6 Å². The molecule has 0 radical (unpaired) electrons. The van der Waals surface area contributed by atoms with E-state index >= 15 is 4.39 Å². The van der Waals surface area contributed by atoms with Gasteiger partial charge in [0.2, 0.25) is 0 Å². The van der Waals surface area contributed by atoms with Crippen LogP contribution in [0.2, 0.25) is 0 Å². The molecule has 6 rings (SSSR count). The van der Waals surface area contributed by atoms with Gasteiger partial charge in [-0.15, -0.1) is 0 Å². The summed E-state index contributed by atoms with van der Waals surface area (Å²) < 4.78 is 64.0. The smallest absolute Gasteiger partial charge is 0.417 e. The Bertz CT molecular complexity index is 1660. The number of hydrogen-bond donors (Lipinski definition) is 2. The molecule has 206 valence electrons. The Labute approximate surface area is 228 Å². The maximum absolute atomic E-state index is 15.4. The summed E-state index contributed by atoms with van der Waals surface area (Å²) in [4.78, 5) is 8.04. The molecule has 1 aromatic heterocycles. The zero-order valence-corrected chi connectivity index (χ0v) is 21.9. The summed E-state index contributed by atoms with van der Waals surface area (Å²) in [5.41, 5.74) is 0.746. The normalized spacial score (nSPS) is 17.3. The van der Waals surface area contributed by atoms with Crippen molar-refractivity contribution in [2.45, 2.75) is 18.8 Å². The number of piperazine rings is 1. The van der Waals surface area contributed by atoms with Crippen LogP contribution >= 0.6 is 0 Å². The summed E-state index contributed by atoms with van der Waals surface area (Å²) in [6.07, 6.45) is -4.83. The van der Waals surface area contributed by atoms with Crippen molar-refractivity contribution in [2.24, 2.45) is 0 Å². The minimum absolute atomic E-state index is 0.0656. The Balaban J connectivity index is 1.48. The predicted molar refractivity (Wildman–Crippen MR) is 145 cm³/mol. The number of hydrogen-bond acceptors (Lipinski definition) is 5. The first-order valence-corrected chi connectivity index (χ1v) is 12.8. The van der Waals surface area contributed by atoms with Gasteiger partial charge in [-0.1, -0.05) is 12.1 Å². The fourth-order valence-corrected chi connectivity index (χ4v) is 5.70. The molecular weight excluding hydrogens is 524 g/mol. The second-order valence-corrected chi connectivity index (χ2v) is 10.2. The van der Waals surface area contributed by atoms with Crippen LogP contribution in [0.15, 0.2) is 42.5 Å². The topological polar surface area (TPSA) is 60.8 Å². The van der Waals surface area contributed by atoms with Gasteiger partial charge in [0.25, 0.3) is 0 Å². The molecule has 7 nitrogen and oxygen atoms in total. The Morgan fingerprint density at radius 1 is 1.18 bits per heavy atom. The first kappa shape index (κ1) is 26.1. The van der Waals surface area contributed by atoms with Crippen molar-refractivity contribution >= 4 is 22.3 Å². The third-order valence-corrected chi connectivity index (χ3v) is 7.56. The van der Waals surface area contributed by atoms with E-state index in [-0.39, 0.29) is 29.4 Å². The molecule has 0 bridgehead atoms. The number of likely N-dealkylation sites (N-methyl/N-ethyl adjacent to an activating group) is 1. The van der Waals surface area contributed by atoms with E-state index in [2.05, 4.69) is 37.2 Å². The van der Waals surface area contributed by atoms with Crippen LogP contribution in [-0.2, 0) is 12.7 Å². The summed E-state index contributed by atoms with van der Waals surface area (Å²) in [6, 6.07) is 10.8. The van der Waals surface area contributed by atoms with Crippen LogP contribution in [0.1, 0.15) is 11.1 Å². The third-order valence-electron chi connectivity index (χ3n) is 7.56. The Morgan fingerprint density at radius 3 is 2.75 bits per heavy atom. The van der Waals surface area contributed by atoms with Crippen LogP contribution in [0.4, 0.5) is 28.9 Å². The van der Waals surface area contributed by atoms with Crippen molar-refractivity contribution in [3.05, 3.63) is 70.8 Å². The number of fused-ring (bicyclic) bond motifs is 4. The minimum Gasteiger partial charge on any atom is -0.489 e. The fraction of sp³-hybridized carbons (Fsp3) is 0.310. The number of H-pyrrole nitrogens is 1. The molecule has 0 aliphatic carbocycles. The van der Waals surface area contributed by atoms with Gasteiger partial charge in [0.15, 0.2) is 5.69 Å². The van der Waals surface area contributed by atoms with Gasteiger partial charge < -0.3 is 19.9 Å². The number of halogens is 4. The number of nitrogens with zero attached hydrogens (tertiary/aromatic N) is 4. The highest BCUT2D eigenvalue weighted by atomic mass is 19.4. The molecule has 1 unspecified atom stereocenters. The van der Waals surface area contributed by atoms with Crippen LogP contribution < -0.4 is 15.0 Å². The van der Waals surface area contributed by atoms with E-state index in [1.807, 2.05) is 18.2 Å². The monoisotopic (exact) mass is 550 g/mol. The van der Waals surface area contributed by atoms with E-state index in [4.69, 9.17) is 11.3 Å². The molecule has 4 aromatic rings. The summed E-state index contributed by atoms with van der Waals surface area (Å²) in [7, 11) is 3.66. The van der Waals surface area contributed by atoms with Crippen molar-refractivity contribution in [3.8, 4) is 28.1 Å². The lowest BCUT2D eigenvalue weighted by atomic mass is 9.93. The van der Waals surface area contributed by atoms with Gasteiger partial charge in [0, 0.05) is 42.7 Å². The fourth-order valence-electron chi connectivity index (χ4n) is 5.70. The van der Waals surface area contributed by atoms with E-state index in [0.29, 0.717) is 34.5 Å². The molecule has 1 atom stereocenters. The lowest BCUT2D eigenvalue weighted by Gasteiger charge is -2.44. The lowest BCUT2D eigenvalue weighted by molar-refractivity contribution is -0.137. The van der Waals surface area contributed by atoms with Crippen molar-refractivity contribution < 1.29 is 22.3 Å². The minimum atomic E-state index is -4.83. The van der Waals surface area contributed by atoms with Crippen LogP contribution in [0.5, 0.6) is 5.75 Å². The molecule has 3 aromatic carbocycles. The summed E-state index contributed by atoms with van der Waals surface area (Å²) >= 11 is 0. The lowest BCUT2D eigenvalue weighted by Crippen LogP contribution is -2.56. The highest BCUT2D eigenvalue weighted by molar-refractivity contribution is 6.00. The number of ether oxygens (including phenoxy) is 1. The molecule has 0 saturated carbocycles. The highest BCUT2D eigenvalue weighted by Gasteiger charge is 2.37. The predicted octanol–water partition coefficient (Wildman–Crippen LogP) is 5.84. The maximum Gasteiger partial charge on any atom is 0.417 e. The summed E-state index contributed by atoms with van der Waals surface area (Å²) in [5.74, 6) is -0.337. The van der Waals surface area contributed by atoms with Gasteiger partial charge >= 0.3 is 6.18 Å². The van der Waals surface area contributed by atoms with Crippen LogP contribution in [0, 0.1) is 12.4 Å². The van der Waals surface area contributed by atoms with E-state index in [1.165, 1.54) is 12.1 Å². The first-order valence-electron chi connectivity index (χ1n) is 12.8. The van der Waals surface area contributed by atoms with Gasteiger partial charge in [-0.25, -0.2) is 9.24 Å². The average Bonchev–Trinajstić information content (AvgIpc) is 3.34. The summed E-state index contributed by atoms with van der Waals surface area (Å²) in [5, 5.41) is 10.5. The number of rotatable bonds is 4. The molecule has 1 fully saturated rings. The highest BCUT2D eigenvalue weighted by Crippen LogP contribution is 2.45. The van der Waals surface area contributed by atoms with Gasteiger partial charge in [-0.3, -0.25) is 5.10 Å². The Hall–Kier alpha value is -4.14. The SMILES string of the molecule is [C-]#[N+]c1cc2[nH]nc(-c3ccc4c(c3)OCC3CN(C)CCN43)c2cc1-c1c(F)cc(CNC)cc1C(F)(F)F. The Kier molecular flexibility index (Phi) is 6.40.